The van der Waals surface area contributed by atoms with Gasteiger partial charge in [0.05, 0.1) is 12.2 Å². The van der Waals surface area contributed by atoms with Crippen LogP contribution in [0.1, 0.15) is 17.0 Å². The minimum Gasteiger partial charge on any atom is -0.322 e. The van der Waals surface area contributed by atoms with Gasteiger partial charge >= 0.3 is 6.03 Å². The van der Waals surface area contributed by atoms with Crippen molar-refractivity contribution in [3.63, 3.8) is 0 Å². The predicted octanol–water partition coefficient (Wildman–Crippen LogP) is 2.63. The number of anilines is 1. The Labute approximate surface area is 170 Å². The number of rotatable bonds is 4. The summed E-state index contributed by atoms with van der Waals surface area (Å²) >= 11 is 0. The highest BCUT2D eigenvalue weighted by Gasteiger charge is 2.23. The van der Waals surface area contributed by atoms with Gasteiger partial charge in [-0.2, -0.15) is 4.68 Å². The number of benzene rings is 2. The van der Waals surface area contributed by atoms with E-state index in [0.717, 1.165) is 41.4 Å². The summed E-state index contributed by atoms with van der Waals surface area (Å²) in [5.74, 6) is 0.796. The molecule has 1 aliphatic heterocycles. The van der Waals surface area contributed by atoms with Crippen LogP contribution in [0.15, 0.2) is 48.5 Å². The third kappa shape index (κ3) is 4.60. The Morgan fingerprint density at radius 1 is 1.00 bits per heavy atom. The van der Waals surface area contributed by atoms with Crippen molar-refractivity contribution in [2.75, 3.05) is 31.5 Å². The van der Waals surface area contributed by atoms with Crippen molar-refractivity contribution in [2.24, 2.45) is 0 Å². The molecule has 8 nitrogen and oxygen atoms in total. The van der Waals surface area contributed by atoms with Crippen molar-refractivity contribution in [1.82, 2.24) is 30.0 Å². The average Bonchev–Trinajstić information content (AvgIpc) is 3.16. The second-order valence-corrected chi connectivity index (χ2v) is 7.41. The highest BCUT2D eigenvalue weighted by Crippen LogP contribution is 2.16. The Hall–Kier alpha value is -3.26. The van der Waals surface area contributed by atoms with Crippen LogP contribution in [0.2, 0.25) is 0 Å². The van der Waals surface area contributed by atoms with Gasteiger partial charge in [-0.05, 0) is 59.7 Å². The van der Waals surface area contributed by atoms with Crippen molar-refractivity contribution in [3.8, 4) is 5.69 Å². The standard InChI is InChI=1S/C21H25N7O/c1-16-12-17(2)14-18(13-16)22-21(29)27-10-8-26(9-11-27)15-20-23-24-25-28(20)19-6-4-3-5-7-19/h3-7,12-14H,8-11,15H2,1-2H3,(H,22,29). The molecule has 8 heteroatoms. The van der Waals surface area contributed by atoms with Crippen molar-refractivity contribution in [3.05, 3.63) is 65.5 Å². The number of carbonyl (C=O) groups is 1. The summed E-state index contributed by atoms with van der Waals surface area (Å²) in [6.45, 7) is 7.61. The van der Waals surface area contributed by atoms with Gasteiger partial charge in [0.25, 0.3) is 0 Å². The zero-order chi connectivity index (χ0) is 20.2. The number of piperazine rings is 1. The smallest absolute Gasteiger partial charge is 0.321 e. The van der Waals surface area contributed by atoms with E-state index in [-0.39, 0.29) is 6.03 Å². The molecule has 3 aromatic rings. The molecule has 0 bridgehead atoms. The molecule has 4 rings (SSSR count). The number of urea groups is 1. The van der Waals surface area contributed by atoms with Gasteiger partial charge in [-0.3, -0.25) is 4.90 Å². The molecule has 1 aromatic heterocycles. The maximum absolute atomic E-state index is 12.6. The lowest BCUT2D eigenvalue weighted by molar-refractivity contribution is 0.140. The first-order valence-corrected chi connectivity index (χ1v) is 9.78. The number of hydrogen-bond acceptors (Lipinski definition) is 5. The van der Waals surface area contributed by atoms with E-state index in [4.69, 9.17) is 0 Å². The third-order valence-electron chi connectivity index (χ3n) is 5.03. The van der Waals surface area contributed by atoms with E-state index in [1.807, 2.05) is 61.2 Å². The molecule has 0 saturated carbocycles. The SMILES string of the molecule is Cc1cc(C)cc(NC(=O)N2CCN(Cc3nnnn3-c3ccccc3)CC2)c1. The van der Waals surface area contributed by atoms with Crippen LogP contribution in [0.5, 0.6) is 0 Å². The summed E-state index contributed by atoms with van der Waals surface area (Å²) in [7, 11) is 0. The molecule has 1 N–H and O–H groups in total. The maximum atomic E-state index is 12.6. The normalized spacial score (nSPS) is 14.8. The molecular weight excluding hydrogens is 366 g/mol. The molecule has 0 spiro atoms. The van der Waals surface area contributed by atoms with Gasteiger partial charge in [-0.15, -0.1) is 5.10 Å². The summed E-state index contributed by atoms with van der Waals surface area (Å²) < 4.78 is 1.76. The lowest BCUT2D eigenvalue weighted by atomic mass is 10.1. The molecule has 29 heavy (non-hydrogen) atoms. The van der Waals surface area contributed by atoms with Gasteiger partial charge in [-0.1, -0.05) is 24.3 Å². The van der Waals surface area contributed by atoms with Gasteiger partial charge in [-0.25, -0.2) is 4.79 Å². The Bertz CT molecular complexity index is 957. The summed E-state index contributed by atoms with van der Waals surface area (Å²) in [5, 5.41) is 15.1. The molecule has 0 radical (unpaired) electrons. The topological polar surface area (TPSA) is 79.2 Å². The van der Waals surface area contributed by atoms with E-state index in [2.05, 4.69) is 31.8 Å². The Kier molecular flexibility index (Phi) is 5.53. The van der Waals surface area contributed by atoms with Gasteiger partial charge in [0.2, 0.25) is 0 Å². The molecule has 0 unspecified atom stereocenters. The van der Waals surface area contributed by atoms with Crippen LogP contribution in [0.3, 0.4) is 0 Å². The fraction of sp³-hybridized carbons (Fsp3) is 0.333. The van der Waals surface area contributed by atoms with Crippen LogP contribution in [0.4, 0.5) is 10.5 Å². The number of carbonyl (C=O) groups excluding carboxylic acids is 1. The quantitative estimate of drug-likeness (QED) is 0.740. The first-order valence-electron chi connectivity index (χ1n) is 9.78. The Morgan fingerprint density at radius 3 is 2.38 bits per heavy atom. The van der Waals surface area contributed by atoms with Gasteiger partial charge in [0.1, 0.15) is 0 Å². The molecule has 2 heterocycles. The summed E-state index contributed by atoms with van der Waals surface area (Å²) in [4.78, 5) is 16.7. The minimum atomic E-state index is -0.0521. The van der Waals surface area contributed by atoms with Gasteiger partial charge in [0, 0.05) is 31.9 Å². The van der Waals surface area contributed by atoms with Crippen LogP contribution in [-0.4, -0.2) is 62.2 Å². The van der Waals surface area contributed by atoms with Gasteiger partial charge in [0.15, 0.2) is 5.82 Å². The highest BCUT2D eigenvalue weighted by atomic mass is 16.2. The zero-order valence-electron chi connectivity index (χ0n) is 16.7. The number of aryl methyl sites for hydroxylation is 2. The molecular formula is C21H25N7O. The molecule has 2 aromatic carbocycles. The van der Waals surface area contributed by atoms with Gasteiger partial charge < -0.3 is 10.2 Å². The fourth-order valence-corrected chi connectivity index (χ4v) is 3.63. The minimum absolute atomic E-state index is 0.0521. The van der Waals surface area contributed by atoms with E-state index >= 15 is 0 Å². The number of para-hydroxylation sites is 1. The number of nitrogens with zero attached hydrogens (tertiary/aromatic N) is 6. The van der Waals surface area contributed by atoms with Crippen LogP contribution >= 0.6 is 0 Å². The molecule has 0 atom stereocenters. The number of amides is 2. The second-order valence-electron chi connectivity index (χ2n) is 7.41. The van der Waals surface area contributed by atoms with Crippen molar-refractivity contribution in [1.29, 1.82) is 0 Å². The Morgan fingerprint density at radius 2 is 1.69 bits per heavy atom. The molecule has 1 saturated heterocycles. The monoisotopic (exact) mass is 391 g/mol. The maximum Gasteiger partial charge on any atom is 0.321 e. The molecule has 150 valence electrons. The lowest BCUT2D eigenvalue weighted by Gasteiger charge is -2.34. The van der Waals surface area contributed by atoms with Crippen molar-refractivity contribution < 1.29 is 4.79 Å². The van der Waals surface area contributed by atoms with Crippen LogP contribution < -0.4 is 5.32 Å². The zero-order valence-corrected chi connectivity index (χ0v) is 16.7. The third-order valence-corrected chi connectivity index (χ3v) is 5.03. The average molecular weight is 391 g/mol. The van der Waals surface area contributed by atoms with Crippen LogP contribution in [-0.2, 0) is 6.54 Å². The number of aromatic nitrogens is 4. The van der Waals surface area contributed by atoms with E-state index in [1.165, 1.54) is 0 Å². The summed E-state index contributed by atoms with van der Waals surface area (Å²) in [5.41, 5.74) is 4.07. The molecule has 1 fully saturated rings. The number of tetrazole rings is 1. The molecule has 0 aliphatic carbocycles. The first-order chi connectivity index (χ1) is 14.1. The van der Waals surface area contributed by atoms with E-state index < -0.39 is 0 Å². The number of nitrogens with one attached hydrogen (secondary N) is 1. The molecule has 1 aliphatic rings. The lowest BCUT2D eigenvalue weighted by Crippen LogP contribution is -2.49. The second kappa shape index (κ2) is 8.40. The van der Waals surface area contributed by atoms with E-state index in [0.29, 0.717) is 19.6 Å². The first kappa shape index (κ1) is 19.1. The van der Waals surface area contributed by atoms with E-state index in [1.54, 1.807) is 4.68 Å². The summed E-state index contributed by atoms with van der Waals surface area (Å²) in [6, 6.07) is 15.9. The van der Waals surface area contributed by atoms with Crippen molar-refractivity contribution in [2.45, 2.75) is 20.4 Å². The fourth-order valence-electron chi connectivity index (χ4n) is 3.63. The summed E-state index contributed by atoms with van der Waals surface area (Å²) in [6.07, 6.45) is 0. The number of hydrogen-bond donors (Lipinski definition) is 1. The van der Waals surface area contributed by atoms with Crippen LogP contribution in [0, 0.1) is 13.8 Å². The predicted molar refractivity (Wildman–Crippen MR) is 111 cm³/mol. The van der Waals surface area contributed by atoms with Crippen molar-refractivity contribution >= 4 is 11.7 Å². The highest BCUT2D eigenvalue weighted by molar-refractivity contribution is 5.89. The largest absolute Gasteiger partial charge is 0.322 e. The Balaban J connectivity index is 1.33. The van der Waals surface area contributed by atoms with E-state index in [9.17, 15) is 4.79 Å². The molecule has 2 amide bonds. The van der Waals surface area contributed by atoms with Crippen LogP contribution in [0.25, 0.3) is 5.69 Å².